The van der Waals surface area contributed by atoms with Crippen LogP contribution in [0.4, 0.5) is 0 Å². The fourth-order valence-corrected chi connectivity index (χ4v) is 2.13. The topological polar surface area (TPSA) is 75.7 Å². The fourth-order valence-electron chi connectivity index (χ4n) is 2.13. The average molecular weight is 290 g/mol. The minimum absolute atomic E-state index is 0.249. The van der Waals surface area contributed by atoms with Gasteiger partial charge in [-0.15, -0.1) is 0 Å². The van der Waals surface area contributed by atoms with Crippen molar-refractivity contribution in [3.8, 4) is 0 Å². The second kappa shape index (κ2) is 6.99. The third kappa shape index (κ3) is 3.46. The SMILES string of the molecule is CCOCCCNC(=O)CN1C(=O)c2ccccc2C1=O. The number of nitrogens with one attached hydrogen (secondary N) is 1. The molecule has 2 rings (SSSR count). The van der Waals surface area contributed by atoms with E-state index in [0.29, 0.717) is 37.3 Å². The van der Waals surface area contributed by atoms with E-state index < -0.39 is 11.8 Å². The molecule has 0 saturated carbocycles. The van der Waals surface area contributed by atoms with Crippen molar-refractivity contribution in [1.29, 1.82) is 0 Å². The molecule has 0 fully saturated rings. The van der Waals surface area contributed by atoms with Gasteiger partial charge >= 0.3 is 0 Å². The zero-order chi connectivity index (χ0) is 15.2. The van der Waals surface area contributed by atoms with Crippen LogP contribution in [0.3, 0.4) is 0 Å². The van der Waals surface area contributed by atoms with Crippen molar-refractivity contribution in [2.75, 3.05) is 26.3 Å². The molecule has 0 bridgehead atoms. The second-order valence-corrected chi connectivity index (χ2v) is 4.64. The standard InChI is InChI=1S/C15H18N2O4/c1-2-21-9-5-8-16-13(18)10-17-14(19)11-6-3-4-7-12(11)15(17)20/h3-4,6-7H,2,5,8-10H2,1H3,(H,16,18). The lowest BCUT2D eigenvalue weighted by Crippen LogP contribution is -2.40. The fraction of sp³-hybridized carbons (Fsp3) is 0.400. The van der Waals surface area contributed by atoms with E-state index >= 15 is 0 Å². The molecule has 0 aromatic heterocycles. The van der Waals surface area contributed by atoms with Crippen LogP contribution in [-0.4, -0.2) is 48.9 Å². The van der Waals surface area contributed by atoms with Crippen molar-refractivity contribution in [2.45, 2.75) is 13.3 Å². The molecule has 1 heterocycles. The third-order valence-corrected chi connectivity index (χ3v) is 3.17. The van der Waals surface area contributed by atoms with E-state index in [9.17, 15) is 14.4 Å². The first-order valence-electron chi connectivity index (χ1n) is 6.94. The van der Waals surface area contributed by atoms with Gasteiger partial charge in [-0.25, -0.2) is 0 Å². The molecule has 6 heteroatoms. The number of rotatable bonds is 7. The van der Waals surface area contributed by atoms with Crippen LogP contribution in [0, 0.1) is 0 Å². The van der Waals surface area contributed by atoms with Gasteiger partial charge in [0.2, 0.25) is 5.91 Å². The van der Waals surface area contributed by atoms with Crippen LogP contribution >= 0.6 is 0 Å². The molecule has 1 aromatic rings. The summed E-state index contributed by atoms with van der Waals surface area (Å²) in [4.78, 5) is 36.9. The Hall–Kier alpha value is -2.21. The number of benzene rings is 1. The first-order valence-corrected chi connectivity index (χ1v) is 6.94. The quantitative estimate of drug-likeness (QED) is 0.596. The molecule has 112 valence electrons. The van der Waals surface area contributed by atoms with Gasteiger partial charge in [0.15, 0.2) is 0 Å². The number of hydrogen-bond acceptors (Lipinski definition) is 4. The van der Waals surface area contributed by atoms with Gasteiger partial charge in [-0.05, 0) is 25.5 Å². The van der Waals surface area contributed by atoms with Crippen molar-refractivity contribution in [3.63, 3.8) is 0 Å². The first kappa shape index (κ1) is 15.2. The maximum atomic E-state index is 12.1. The highest BCUT2D eigenvalue weighted by atomic mass is 16.5. The van der Waals surface area contributed by atoms with Crippen LogP contribution in [0.2, 0.25) is 0 Å². The molecule has 1 aliphatic heterocycles. The summed E-state index contributed by atoms with van der Waals surface area (Å²) < 4.78 is 5.16. The van der Waals surface area contributed by atoms with Crippen LogP contribution in [0.1, 0.15) is 34.1 Å². The molecule has 21 heavy (non-hydrogen) atoms. The number of hydrogen-bond donors (Lipinski definition) is 1. The lowest BCUT2D eigenvalue weighted by molar-refractivity contribution is -0.121. The number of ether oxygens (including phenoxy) is 1. The number of carbonyl (C=O) groups is 3. The number of imide groups is 1. The third-order valence-electron chi connectivity index (χ3n) is 3.17. The van der Waals surface area contributed by atoms with E-state index in [-0.39, 0.29) is 12.5 Å². The van der Waals surface area contributed by atoms with Crippen LogP contribution in [-0.2, 0) is 9.53 Å². The second-order valence-electron chi connectivity index (χ2n) is 4.64. The van der Waals surface area contributed by atoms with E-state index in [1.165, 1.54) is 0 Å². The van der Waals surface area contributed by atoms with Crippen molar-refractivity contribution in [3.05, 3.63) is 35.4 Å². The molecular weight excluding hydrogens is 272 g/mol. The Kier molecular flexibility index (Phi) is 5.05. The Morgan fingerprint density at radius 1 is 1.19 bits per heavy atom. The van der Waals surface area contributed by atoms with Gasteiger partial charge in [-0.3, -0.25) is 19.3 Å². The van der Waals surface area contributed by atoms with Crippen molar-refractivity contribution in [1.82, 2.24) is 10.2 Å². The zero-order valence-electron chi connectivity index (χ0n) is 11.9. The van der Waals surface area contributed by atoms with Gasteiger partial charge < -0.3 is 10.1 Å². The smallest absolute Gasteiger partial charge is 0.262 e. The summed E-state index contributed by atoms with van der Waals surface area (Å²) in [7, 11) is 0. The van der Waals surface area contributed by atoms with Crippen molar-refractivity contribution < 1.29 is 19.1 Å². The minimum Gasteiger partial charge on any atom is -0.382 e. The van der Waals surface area contributed by atoms with E-state index in [0.717, 1.165) is 4.90 Å². The Balaban J connectivity index is 1.86. The van der Waals surface area contributed by atoms with E-state index in [4.69, 9.17) is 4.74 Å². The lowest BCUT2D eigenvalue weighted by atomic mass is 10.1. The van der Waals surface area contributed by atoms with Gasteiger partial charge in [-0.2, -0.15) is 0 Å². The normalized spacial score (nSPS) is 13.5. The van der Waals surface area contributed by atoms with Crippen LogP contribution in [0.25, 0.3) is 0 Å². The van der Waals surface area contributed by atoms with Crippen LogP contribution < -0.4 is 5.32 Å². The maximum Gasteiger partial charge on any atom is 0.262 e. The number of carbonyl (C=O) groups excluding carboxylic acids is 3. The van der Waals surface area contributed by atoms with Crippen molar-refractivity contribution >= 4 is 17.7 Å². The monoisotopic (exact) mass is 290 g/mol. The van der Waals surface area contributed by atoms with E-state index in [1.54, 1.807) is 24.3 Å². The molecule has 0 spiro atoms. The summed E-state index contributed by atoms with van der Waals surface area (Å²) in [6.45, 7) is 3.33. The molecular formula is C15H18N2O4. The van der Waals surface area contributed by atoms with Gasteiger partial charge in [-0.1, -0.05) is 12.1 Å². The Labute approximate surface area is 123 Å². The summed E-state index contributed by atoms with van der Waals surface area (Å²) in [5.74, 6) is -1.18. The summed E-state index contributed by atoms with van der Waals surface area (Å²) >= 11 is 0. The summed E-state index contributed by atoms with van der Waals surface area (Å²) in [6.07, 6.45) is 0.696. The van der Waals surface area contributed by atoms with Gasteiger partial charge in [0.05, 0.1) is 11.1 Å². The summed E-state index contributed by atoms with van der Waals surface area (Å²) in [6, 6.07) is 6.58. The Morgan fingerprint density at radius 2 is 1.81 bits per heavy atom. The molecule has 0 aliphatic carbocycles. The largest absolute Gasteiger partial charge is 0.382 e. The molecule has 6 nitrogen and oxygen atoms in total. The Morgan fingerprint density at radius 3 is 2.38 bits per heavy atom. The molecule has 0 radical (unpaired) electrons. The highest BCUT2D eigenvalue weighted by molar-refractivity contribution is 6.22. The summed E-state index contributed by atoms with van der Waals surface area (Å²) in [5.41, 5.74) is 0.707. The molecule has 1 aliphatic rings. The predicted octanol–water partition coefficient (Wildman–Crippen LogP) is 0.825. The average Bonchev–Trinajstić information content (AvgIpc) is 2.73. The molecule has 0 saturated heterocycles. The van der Waals surface area contributed by atoms with E-state index in [1.807, 2.05) is 6.92 Å². The Bertz CT molecular complexity index is 521. The minimum atomic E-state index is -0.417. The van der Waals surface area contributed by atoms with Gasteiger partial charge in [0.25, 0.3) is 11.8 Å². The molecule has 1 N–H and O–H groups in total. The zero-order valence-corrected chi connectivity index (χ0v) is 11.9. The molecule has 0 unspecified atom stereocenters. The van der Waals surface area contributed by atoms with Gasteiger partial charge in [0, 0.05) is 19.8 Å². The van der Waals surface area contributed by atoms with Crippen LogP contribution in [0.5, 0.6) is 0 Å². The number of amides is 3. The highest BCUT2D eigenvalue weighted by Gasteiger charge is 2.36. The molecule has 3 amide bonds. The first-order chi connectivity index (χ1) is 10.1. The molecule has 1 aromatic carbocycles. The highest BCUT2D eigenvalue weighted by Crippen LogP contribution is 2.21. The van der Waals surface area contributed by atoms with Crippen molar-refractivity contribution in [2.24, 2.45) is 0 Å². The van der Waals surface area contributed by atoms with Gasteiger partial charge in [0.1, 0.15) is 6.54 Å². The van der Waals surface area contributed by atoms with Crippen LogP contribution in [0.15, 0.2) is 24.3 Å². The number of fused-ring (bicyclic) bond motifs is 1. The molecule has 0 atom stereocenters. The summed E-state index contributed by atoms with van der Waals surface area (Å²) in [5, 5.41) is 2.67. The predicted molar refractivity (Wildman–Crippen MR) is 75.9 cm³/mol. The number of nitrogens with zero attached hydrogens (tertiary/aromatic N) is 1. The maximum absolute atomic E-state index is 12.1. The lowest BCUT2D eigenvalue weighted by Gasteiger charge is -2.13. The van der Waals surface area contributed by atoms with E-state index in [2.05, 4.69) is 5.32 Å².